The highest BCUT2D eigenvalue weighted by molar-refractivity contribution is 4.94. The van der Waals surface area contributed by atoms with E-state index in [1.165, 1.54) is 19.3 Å². The Kier molecular flexibility index (Phi) is 2.35. The van der Waals surface area contributed by atoms with Crippen molar-refractivity contribution in [3.63, 3.8) is 0 Å². The molecule has 0 atom stereocenters. The summed E-state index contributed by atoms with van der Waals surface area (Å²) in [5, 5.41) is 6.77. The van der Waals surface area contributed by atoms with Crippen molar-refractivity contribution in [3.05, 3.63) is 0 Å². The van der Waals surface area contributed by atoms with E-state index in [0.29, 0.717) is 6.04 Å². The van der Waals surface area contributed by atoms with Gasteiger partial charge in [-0.3, -0.25) is 0 Å². The van der Waals surface area contributed by atoms with Gasteiger partial charge in [0.15, 0.2) is 0 Å². The topological polar surface area (TPSA) is 33.3 Å². The van der Waals surface area contributed by atoms with Gasteiger partial charge in [-0.05, 0) is 19.3 Å². The first-order chi connectivity index (χ1) is 5.85. The molecule has 12 heavy (non-hydrogen) atoms. The summed E-state index contributed by atoms with van der Waals surface area (Å²) in [6, 6.07) is 0.692. The summed E-state index contributed by atoms with van der Waals surface area (Å²) < 4.78 is 5.51. The highest BCUT2D eigenvalue weighted by Crippen LogP contribution is 2.34. The van der Waals surface area contributed by atoms with Crippen molar-refractivity contribution < 1.29 is 4.74 Å². The summed E-state index contributed by atoms with van der Waals surface area (Å²) in [7, 11) is 1.83. The van der Waals surface area contributed by atoms with Crippen LogP contribution in [0.15, 0.2) is 0 Å². The molecule has 1 aliphatic carbocycles. The third-order valence-electron chi connectivity index (χ3n) is 3.19. The minimum absolute atomic E-state index is 0.190. The Hall–Kier alpha value is -0.120. The number of ether oxygens (including phenoxy) is 1. The molecule has 2 aliphatic rings. The Labute approximate surface area is 73.9 Å². The predicted molar refractivity (Wildman–Crippen MR) is 48.3 cm³/mol. The minimum Gasteiger partial charge on any atom is -0.377 e. The average Bonchev–Trinajstić information content (AvgIpc) is 1.91. The predicted octanol–water partition coefficient (Wildman–Crippen LogP) is 0.117. The zero-order valence-corrected chi connectivity index (χ0v) is 7.73. The van der Waals surface area contributed by atoms with E-state index in [9.17, 15) is 0 Å². The summed E-state index contributed by atoms with van der Waals surface area (Å²) in [6.07, 6.45) is 3.80. The van der Waals surface area contributed by atoms with Gasteiger partial charge in [0.1, 0.15) is 0 Å². The van der Waals surface area contributed by atoms with Crippen molar-refractivity contribution in [2.75, 3.05) is 26.7 Å². The fourth-order valence-electron chi connectivity index (χ4n) is 1.79. The molecular formula is C9H18N2O. The van der Waals surface area contributed by atoms with Crippen molar-refractivity contribution in [2.45, 2.75) is 30.9 Å². The zero-order chi connectivity index (χ0) is 8.44. The summed E-state index contributed by atoms with van der Waals surface area (Å²) >= 11 is 0. The van der Waals surface area contributed by atoms with Crippen LogP contribution in [0.5, 0.6) is 0 Å². The SMILES string of the molecule is COC1(CNC2CNC2)CCC1. The van der Waals surface area contributed by atoms with E-state index in [0.717, 1.165) is 19.6 Å². The summed E-state index contributed by atoms with van der Waals surface area (Å²) in [5.41, 5.74) is 0.190. The average molecular weight is 170 g/mol. The van der Waals surface area contributed by atoms with Gasteiger partial charge in [-0.1, -0.05) is 0 Å². The van der Waals surface area contributed by atoms with Crippen LogP contribution in [-0.4, -0.2) is 38.4 Å². The quantitative estimate of drug-likeness (QED) is 0.628. The Morgan fingerprint density at radius 2 is 2.25 bits per heavy atom. The molecule has 0 aromatic rings. The molecule has 2 N–H and O–H groups in total. The first-order valence-corrected chi connectivity index (χ1v) is 4.84. The fourth-order valence-corrected chi connectivity index (χ4v) is 1.79. The Morgan fingerprint density at radius 1 is 1.50 bits per heavy atom. The highest BCUT2D eigenvalue weighted by atomic mass is 16.5. The molecule has 3 heteroatoms. The van der Waals surface area contributed by atoms with Crippen LogP contribution < -0.4 is 10.6 Å². The van der Waals surface area contributed by atoms with Gasteiger partial charge in [0, 0.05) is 32.8 Å². The van der Waals surface area contributed by atoms with Crippen LogP contribution in [-0.2, 0) is 4.74 Å². The molecule has 1 aliphatic heterocycles. The first kappa shape index (κ1) is 8.48. The lowest BCUT2D eigenvalue weighted by Crippen LogP contribution is -2.60. The highest BCUT2D eigenvalue weighted by Gasteiger charge is 2.37. The number of methoxy groups -OCH3 is 1. The number of hydrogen-bond acceptors (Lipinski definition) is 3. The van der Waals surface area contributed by atoms with E-state index >= 15 is 0 Å². The lowest BCUT2D eigenvalue weighted by Gasteiger charge is -2.42. The van der Waals surface area contributed by atoms with Crippen LogP contribution in [0.25, 0.3) is 0 Å². The van der Waals surface area contributed by atoms with E-state index < -0.39 is 0 Å². The van der Waals surface area contributed by atoms with Crippen molar-refractivity contribution >= 4 is 0 Å². The third kappa shape index (κ3) is 1.49. The standard InChI is InChI=1S/C9H18N2O/c1-12-9(3-2-4-9)7-11-8-5-10-6-8/h8,10-11H,2-7H2,1H3. The van der Waals surface area contributed by atoms with E-state index in [-0.39, 0.29) is 5.60 Å². The van der Waals surface area contributed by atoms with Gasteiger partial charge < -0.3 is 15.4 Å². The zero-order valence-electron chi connectivity index (χ0n) is 7.73. The van der Waals surface area contributed by atoms with Crippen LogP contribution >= 0.6 is 0 Å². The van der Waals surface area contributed by atoms with Crippen LogP contribution in [0.3, 0.4) is 0 Å². The van der Waals surface area contributed by atoms with Gasteiger partial charge >= 0.3 is 0 Å². The molecule has 0 spiro atoms. The fraction of sp³-hybridized carbons (Fsp3) is 1.00. The molecule has 70 valence electrons. The van der Waals surface area contributed by atoms with E-state index in [1.807, 2.05) is 7.11 Å². The van der Waals surface area contributed by atoms with E-state index in [4.69, 9.17) is 4.74 Å². The molecule has 0 aromatic carbocycles. The number of nitrogens with one attached hydrogen (secondary N) is 2. The van der Waals surface area contributed by atoms with Gasteiger partial charge in [-0.2, -0.15) is 0 Å². The molecule has 1 saturated heterocycles. The number of rotatable bonds is 4. The van der Waals surface area contributed by atoms with Gasteiger partial charge in [-0.25, -0.2) is 0 Å². The summed E-state index contributed by atoms with van der Waals surface area (Å²) in [6.45, 7) is 3.29. The lowest BCUT2D eigenvalue weighted by atomic mass is 9.80. The van der Waals surface area contributed by atoms with Crippen LogP contribution in [0, 0.1) is 0 Å². The molecular weight excluding hydrogens is 152 g/mol. The number of hydrogen-bond donors (Lipinski definition) is 2. The molecule has 0 aromatic heterocycles. The maximum atomic E-state index is 5.51. The smallest absolute Gasteiger partial charge is 0.0802 e. The van der Waals surface area contributed by atoms with Gasteiger partial charge in [0.05, 0.1) is 5.60 Å². The maximum absolute atomic E-state index is 5.51. The maximum Gasteiger partial charge on any atom is 0.0802 e. The largest absolute Gasteiger partial charge is 0.377 e. The molecule has 1 saturated carbocycles. The second-order valence-corrected chi connectivity index (χ2v) is 3.98. The lowest BCUT2D eigenvalue weighted by molar-refractivity contribution is -0.0715. The van der Waals surface area contributed by atoms with Crippen molar-refractivity contribution in [3.8, 4) is 0 Å². The summed E-state index contributed by atoms with van der Waals surface area (Å²) in [4.78, 5) is 0. The van der Waals surface area contributed by atoms with Crippen molar-refractivity contribution in [1.82, 2.24) is 10.6 Å². The summed E-state index contributed by atoms with van der Waals surface area (Å²) in [5.74, 6) is 0. The molecule has 0 radical (unpaired) electrons. The van der Waals surface area contributed by atoms with Gasteiger partial charge in [0.25, 0.3) is 0 Å². The Bertz CT molecular complexity index is 147. The van der Waals surface area contributed by atoms with Crippen LogP contribution in [0.4, 0.5) is 0 Å². The van der Waals surface area contributed by atoms with Crippen LogP contribution in [0.2, 0.25) is 0 Å². The second kappa shape index (κ2) is 3.32. The second-order valence-electron chi connectivity index (χ2n) is 3.98. The Balaban J connectivity index is 1.69. The van der Waals surface area contributed by atoms with Crippen molar-refractivity contribution in [1.29, 1.82) is 0 Å². The molecule has 0 unspecified atom stereocenters. The molecule has 2 fully saturated rings. The molecule has 0 amide bonds. The van der Waals surface area contributed by atoms with Gasteiger partial charge in [0.2, 0.25) is 0 Å². The first-order valence-electron chi connectivity index (χ1n) is 4.84. The third-order valence-corrected chi connectivity index (χ3v) is 3.19. The van der Waals surface area contributed by atoms with Gasteiger partial charge in [-0.15, -0.1) is 0 Å². The van der Waals surface area contributed by atoms with Crippen molar-refractivity contribution in [2.24, 2.45) is 0 Å². The van der Waals surface area contributed by atoms with Crippen LogP contribution in [0.1, 0.15) is 19.3 Å². The monoisotopic (exact) mass is 170 g/mol. The minimum atomic E-state index is 0.190. The van der Waals surface area contributed by atoms with E-state index in [2.05, 4.69) is 10.6 Å². The molecule has 1 heterocycles. The molecule has 3 nitrogen and oxygen atoms in total. The normalized spacial score (nSPS) is 27.8. The van der Waals surface area contributed by atoms with E-state index in [1.54, 1.807) is 0 Å². The Morgan fingerprint density at radius 3 is 2.58 bits per heavy atom. The molecule has 2 rings (SSSR count). The molecule has 0 bridgehead atoms.